The van der Waals surface area contributed by atoms with Crippen molar-refractivity contribution < 1.29 is 33.3 Å². The summed E-state index contributed by atoms with van der Waals surface area (Å²) < 4.78 is 21.2. The summed E-state index contributed by atoms with van der Waals surface area (Å²) in [7, 11) is 0. The second-order valence-corrected chi connectivity index (χ2v) is 6.86. The molecule has 1 aliphatic heterocycles. The van der Waals surface area contributed by atoms with E-state index in [4.69, 9.17) is 18.9 Å². The lowest BCUT2D eigenvalue weighted by atomic mass is 9.85. The van der Waals surface area contributed by atoms with Crippen LogP contribution in [0.5, 0.6) is 5.75 Å². The Hall–Kier alpha value is -3.29. The van der Waals surface area contributed by atoms with Crippen LogP contribution in [0.2, 0.25) is 0 Å². The molecule has 0 aromatic heterocycles. The molecule has 0 saturated carbocycles. The monoisotopic (exact) mass is 431 g/mol. The number of benzene rings is 1. The van der Waals surface area contributed by atoms with Gasteiger partial charge in [0.15, 0.2) is 0 Å². The fraction of sp³-hybridized carbons (Fsp3) is 0.435. The van der Waals surface area contributed by atoms with E-state index in [0.29, 0.717) is 17.1 Å². The Morgan fingerprint density at radius 2 is 1.39 bits per heavy atom. The van der Waals surface area contributed by atoms with Gasteiger partial charge in [0.25, 0.3) is 0 Å². The third-order valence-electron chi connectivity index (χ3n) is 4.67. The first kappa shape index (κ1) is 24.0. The van der Waals surface area contributed by atoms with Gasteiger partial charge >= 0.3 is 17.9 Å². The van der Waals surface area contributed by atoms with Gasteiger partial charge in [-0.3, -0.25) is 4.79 Å². The summed E-state index contributed by atoms with van der Waals surface area (Å²) in [5.74, 6) is -2.70. The van der Waals surface area contributed by atoms with Gasteiger partial charge in [-0.05, 0) is 46.2 Å². The van der Waals surface area contributed by atoms with Gasteiger partial charge in [-0.15, -0.1) is 0 Å². The molecule has 1 aromatic carbocycles. The van der Waals surface area contributed by atoms with Crippen molar-refractivity contribution in [3.63, 3.8) is 0 Å². The smallest absolute Gasteiger partial charge is 0.337 e. The number of carbonyl (C=O) groups excluding carboxylic acids is 3. The summed E-state index contributed by atoms with van der Waals surface area (Å²) in [4.78, 5) is 38.2. The average molecular weight is 431 g/mol. The van der Waals surface area contributed by atoms with Crippen molar-refractivity contribution in [3.05, 3.63) is 52.4 Å². The van der Waals surface area contributed by atoms with Crippen molar-refractivity contribution in [1.29, 1.82) is 0 Å². The highest BCUT2D eigenvalue weighted by Crippen LogP contribution is 2.32. The molecule has 0 unspecified atom stereocenters. The first-order valence-corrected chi connectivity index (χ1v) is 10.2. The maximum Gasteiger partial charge on any atom is 0.337 e. The molecule has 1 aromatic rings. The molecule has 8 nitrogen and oxygen atoms in total. The molecule has 0 bridgehead atoms. The number of esters is 3. The van der Waals surface area contributed by atoms with Crippen LogP contribution in [0.1, 0.15) is 33.3 Å². The number of ether oxygens (including phenoxy) is 4. The molecule has 1 N–H and O–H groups in total. The summed E-state index contributed by atoms with van der Waals surface area (Å²) in [5.41, 5.74) is 1.85. The second-order valence-electron chi connectivity index (χ2n) is 6.86. The Kier molecular flexibility index (Phi) is 8.66. The predicted molar refractivity (Wildman–Crippen MR) is 113 cm³/mol. The first-order chi connectivity index (χ1) is 14.8. The highest BCUT2D eigenvalue weighted by atomic mass is 16.6. The molecular formula is C23H29NO7. The number of para-hydroxylation sites is 1. The maximum atomic E-state index is 13.0. The van der Waals surface area contributed by atoms with Crippen molar-refractivity contribution in [2.45, 2.75) is 34.6 Å². The van der Waals surface area contributed by atoms with E-state index in [1.54, 1.807) is 27.7 Å². The molecule has 0 saturated heterocycles. The van der Waals surface area contributed by atoms with Crippen LogP contribution in [0.3, 0.4) is 0 Å². The molecule has 31 heavy (non-hydrogen) atoms. The molecule has 0 radical (unpaired) electrons. The van der Waals surface area contributed by atoms with Crippen molar-refractivity contribution in [1.82, 2.24) is 5.32 Å². The van der Waals surface area contributed by atoms with E-state index in [1.165, 1.54) is 0 Å². The molecule has 0 atom stereocenters. The van der Waals surface area contributed by atoms with Crippen LogP contribution in [-0.2, 0) is 28.6 Å². The summed E-state index contributed by atoms with van der Waals surface area (Å²) in [6.07, 6.45) is 0. The van der Waals surface area contributed by atoms with Gasteiger partial charge < -0.3 is 24.3 Å². The molecule has 1 heterocycles. The normalized spacial score (nSPS) is 14.1. The van der Waals surface area contributed by atoms with Crippen LogP contribution >= 0.6 is 0 Å². The van der Waals surface area contributed by atoms with Gasteiger partial charge in [-0.1, -0.05) is 18.2 Å². The van der Waals surface area contributed by atoms with Gasteiger partial charge in [0.1, 0.15) is 24.9 Å². The van der Waals surface area contributed by atoms with Crippen molar-refractivity contribution in [3.8, 4) is 5.75 Å². The number of aryl methyl sites for hydroxylation is 1. The van der Waals surface area contributed by atoms with Crippen molar-refractivity contribution >= 4 is 17.9 Å². The zero-order valence-corrected chi connectivity index (χ0v) is 18.6. The number of nitrogens with one attached hydrogen (secondary N) is 1. The van der Waals surface area contributed by atoms with Gasteiger partial charge in [0, 0.05) is 11.4 Å². The molecule has 0 spiro atoms. The summed E-state index contributed by atoms with van der Waals surface area (Å²) in [6, 6.07) is 7.48. The molecule has 1 aliphatic rings. The minimum absolute atomic E-state index is 0.0281. The minimum atomic E-state index is -1.25. The molecule has 0 fully saturated rings. The molecule has 8 heteroatoms. The number of hydrogen-bond acceptors (Lipinski definition) is 8. The van der Waals surface area contributed by atoms with E-state index < -0.39 is 23.8 Å². The fourth-order valence-electron chi connectivity index (χ4n) is 3.28. The van der Waals surface area contributed by atoms with Crippen LogP contribution in [0.4, 0.5) is 0 Å². The summed E-state index contributed by atoms with van der Waals surface area (Å²) in [6.45, 7) is 8.82. The predicted octanol–water partition coefficient (Wildman–Crippen LogP) is 2.81. The van der Waals surface area contributed by atoms with E-state index in [-0.39, 0.29) is 37.6 Å². The zero-order valence-electron chi connectivity index (χ0n) is 18.6. The molecule has 2 rings (SSSR count). The highest BCUT2D eigenvalue weighted by molar-refractivity contribution is 6.05. The molecule has 0 aliphatic carbocycles. The number of carbonyl (C=O) groups is 3. The summed E-state index contributed by atoms with van der Waals surface area (Å²) in [5, 5.41) is 2.96. The third-order valence-corrected chi connectivity index (χ3v) is 4.67. The Morgan fingerprint density at radius 3 is 1.90 bits per heavy atom. The van der Waals surface area contributed by atoms with Gasteiger partial charge in [-0.25, -0.2) is 9.59 Å². The Labute approximate surface area is 182 Å². The van der Waals surface area contributed by atoms with E-state index in [2.05, 4.69) is 5.32 Å². The second kappa shape index (κ2) is 11.2. The lowest BCUT2D eigenvalue weighted by Gasteiger charge is -2.28. The Bertz CT molecular complexity index is 861. The van der Waals surface area contributed by atoms with Crippen LogP contribution in [0, 0.1) is 12.8 Å². The maximum absolute atomic E-state index is 13.0. The van der Waals surface area contributed by atoms with Gasteiger partial charge in [0.05, 0.1) is 24.4 Å². The van der Waals surface area contributed by atoms with Crippen LogP contribution in [0.15, 0.2) is 46.8 Å². The lowest BCUT2D eigenvalue weighted by molar-refractivity contribution is -0.152. The van der Waals surface area contributed by atoms with Crippen molar-refractivity contribution in [2.24, 2.45) is 5.92 Å². The molecule has 168 valence electrons. The van der Waals surface area contributed by atoms with Crippen molar-refractivity contribution in [2.75, 3.05) is 26.4 Å². The highest BCUT2D eigenvalue weighted by Gasteiger charge is 2.42. The van der Waals surface area contributed by atoms with E-state index in [0.717, 1.165) is 5.56 Å². The first-order valence-electron chi connectivity index (χ1n) is 10.2. The van der Waals surface area contributed by atoms with Gasteiger partial charge in [-0.2, -0.15) is 0 Å². The number of dihydropyridines is 1. The quantitative estimate of drug-likeness (QED) is 0.362. The topological polar surface area (TPSA) is 100 Å². The Morgan fingerprint density at radius 1 is 0.839 bits per heavy atom. The lowest BCUT2D eigenvalue weighted by Crippen LogP contribution is -2.38. The molecule has 0 amide bonds. The van der Waals surface area contributed by atoms with Crippen LogP contribution in [-0.4, -0.2) is 44.3 Å². The van der Waals surface area contributed by atoms with E-state index >= 15 is 0 Å². The fourth-order valence-corrected chi connectivity index (χ4v) is 3.28. The third kappa shape index (κ3) is 5.87. The number of rotatable bonds is 9. The largest absolute Gasteiger partial charge is 0.490 e. The zero-order chi connectivity index (χ0) is 23.0. The van der Waals surface area contributed by atoms with Gasteiger partial charge in [0.2, 0.25) is 0 Å². The molecular weight excluding hydrogens is 402 g/mol. The van der Waals surface area contributed by atoms with E-state index in [1.807, 2.05) is 31.2 Å². The number of allylic oxidation sites excluding steroid dienone is 2. The summed E-state index contributed by atoms with van der Waals surface area (Å²) >= 11 is 0. The van der Waals surface area contributed by atoms with E-state index in [9.17, 15) is 14.4 Å². The minimum Gasteiger partial charge on any atom is -0.490 e. The average Bonchev–Trinajstić information content (AvgIpc) is 2.71. The Balaban J connectivity index is 2.21. The SMILES string of the molecule is CCOC(=O)C1=C(C)NC(C)=C(C(=O)OCC)C1C(=O)OCCOc1ccccc1C. The van der Waals surface area contributed by atoms with Crippen LogP contribution < -0.4 is 10.1 Å². The standard InChI is InChI=1S/C23H29NO7/c1-6-28-21(25)18-15(4)24-16(5)19(22(26)29-7-2)20(18)23(27)31-13-12-30-17-11-9-8-10-14(17)3/h8-11,20,24H,6-7,12-13H2,1-5H3. The number of hydrogen-bond donors (Lipinski definition) is 1. The van der Waals surface area contributed by atoms with Crippen LogP contribution in [0.25, 0.3) is 0 Å².